The fourth-order valence-electron chi connectivity index (χ4n) is 0.594. The summed E-state index contributed by atoms with van der Waals surface area (Å²) in [6, 6.07) is 0. The molecular formula is C8H15IO3. The second kappa shape index (κ2) is 6.65. The summed E-state index contributed by atoms with van der Waals surface area (Å²) in [5, 5.41) is 9.04. The zero-order valence-corrected chi connectivity index (χ0v) is 9.58. The van der Waals surface area contributed by atoms with Crippen LogP contribution in [-0.4, -0.2) is 27.7 Å². The minimum absolute atomic E-state index is 0.320. The standard InChI is InChI=1S/C8H15IO3/c1-3-4-5-12-8(11)7(9)6(2)10/h6-7,10H,3-5H2,1-2H3. The summed E-state index contributed by atoms with van der Waals surface area (Å²) in [6.45, 7) is 4.07. The van der Waals surface area contributed by atoms with E-state index >= 15 is 0 Å². The monoisotopic (exact) mass is 286 g/mol. The van der Waals surface area contributed by atoms with Crippen LogP contribution in [0.5, 0.6) is 0 Å². The highest BCUT2D eigenvalue weighted by Crippen LogP contribution is 2.08. The van der Waals surface area contributed by atoms with E-state index in [4.69, 9.17) is 9.84 Å². The van der Waals surface area contributed by atoms with Gasteiger partial charge in [0, 0.05) is 0 Å². The van der Waals surface area contributed by atoms with Crippen molar-refractivity contribution in [1.82, 2.24) is 0 Å². The summed E-state index contributed by atoms with van der Waals surface area (Å²) in [4.78, 5) is 11.1. The lowest BCUT2D eigenvalue weighted by Gasteiger charge is -2.11. The van der Waals surface area contributed by atoms with Gasteiger partial charge >= 0.3 is 5.97 Å². The number of hydrogen-bond donors (Lipinski definition) is 1. The molecule has 0 aromatic rings. The van der Waals surface area contributed by atoms with Gasteiger partial charge < -0.3 is 9.84 Å². The van der Waals surface area contributed by atoms with Gasteiger partial charge in [-0.2, -0.15) is 0 Å². The van der Waals surface area contributed by atoms with Crippen LogP contribution in [0.1, 0.15) is 26.7 Å². The van der Waals surface area contributed by atoms with Crippen LogP contribution in [0.15, 0.2) is 0 Å². The normalized spacial score (nSPS) is 15.3. The molecule has 0 radical (unpaired) electrons. The van der Waals surface area contributed by atoms with Crippen molar-refractivity contribution in [3.8, 4) is 0 Å². The van der Waals surface area contributed by atoms with Crippen LogP contribution in [-0.2, 0) is 9.53 Å². The second-order valence-corrected chi connectivity index (χ2v) is 4.01. The summed E-state index contributed by atoms with van der Waals surface area (Å²) >= 11 is 1.88. The van der Waals surface area contributed by atoms with Crippen molar-refractivity contribution in [2.24, 2.45) is 0 Å². The molecule has 1 N–H and O–H groups in total. The molecular weight excluding hydrogens is 271 g/mol. The Morgan fingerprint density at radius 2 is 2.25 bits per heavy atom. The molecule has 0 aromatic heterocycles. The van der Waals surface area contributed by atoms with E-state index in [2.05, 4.69) is 0 Å². The molecule has 0 aromatic carbocycles. The van der Waals surface area contributed by atoms with Gasteiger partial charge in [0.1, 0.15) is 3.92 Å². The van der Waals surface area contributed by atoms with Crippen LogP contribution in [0, 0.1) is 0 Å². The van der Waals surface area contributed by atoms with E-state index in [-0.39, 0.29) is 5.97 Å². The van der Waals surface area contributed by atoms with Crippen LogP contribution in [0.2, 0.25) is 0 Å². The van der Waals surface area contributed by atoms with E-state index in [1.165, 1.54) is 0 Å². The van der Waals surface area contributed by atoms with Crippen molar-refractivity contribution in [2.75, 3.05) is 6.61 Å². The number of ether oxygens (including phenoxy) is 1. The van der Waals surface area contributed by atoms with Gasteiger partial charge in [0.2, 0.25) is 0 Å². The Labute approximate surface area is 86.6 Å². The van der Waals surface area contributed by atoms with Crippen molar-refractivity contribution in [1.29, 1.82) is 0 Å². The summed E-state index contributed by atoms with van der Waals surface area (Å²) in [5.74, 6) is -0.320. The van der Waals surface area contributed by atoms with Crippen molar-refractivity contribution in [3.05, 3.63) is 0 Å². The molecule has 72 valence electrons. The fraction of sp³-hybridized carbons (Fsp3) is 0.875. The number of carbonyl (C=O) groups is 1. The maximum Gasteiger partial charge on any atom is 0.321 e. The third-order valence-electron chi connectivity index (χ3n) is 1.39. The van der Waals surface area contributed by atoms with Crippen LogP contribution in [0.3, 0.4) is 0 Å². The average molecular weight is 286 g/mol. The van der Waals surface area contributed by atoms with E-state index in [1.54, 1.807) is 6.92 Å². The molecule has 4 heteroatoms. The number of halogens is 1. The third kappa shape index (κ3) is 4.92. The average Bonchev–Trinajstić information content (AvgIpc) is 2.03. The number of rotatable bonds is 5. The Hall–Kier alpha value is 0.160. The molecule has 0 amide bonds. The number of aliphatic hydroxyl groups excluding tert-OH is 1. The summed E-state index contributed by atoms with van der Waals surface area (Å²) in [7, 11) is 0. The van der Waals surface area contributed by atoms with Crippen LogP contribution in [0.25, 0.3) is 0 Å². The Bertz CT molecular complexity index is 136. The Morgan fingerprint density at radius 3 is 2.67 bits per heavy atom. The van der Waals surface area contributed by atoms with E-state index in [0.29, 0.717) is 6.61 Å². The first-order chi connectivity index (χ1) is 5.59. The van der Waals surface area contributed by atoms with Gasteiger partial charge in [-0.05, 0) is 13.3 Å². The quantitative estimate of drug-likeness (QED) is 0.361. The zero-order valence-electron chi connectivity index (χ0n) is 7.42. The summed E-state index contributed by atoms with van der Waals surface area (Å²) in [6.07, 6.45) is 1.25. The number of esters is 1. The van der Waals surface area contributed by atoms with Crippen LogP contribution < -0.4 is 0 Å². The lowest BCUT2D eigenvalue weighted by atomic mass is 10.3. The molecule has 0 rings (SSSR count). The van der Waals surface area contributed by atoms with Crippen LogP contribution >= 0.6 is 22.6 Å². The molecule has 3 nitrogen and oxygen atoms in total. The predicted molar refractivity (Wildman–Crippen MR) is 55.4 cm³/mol. The molecule has 0 saturated heterocycles. The molecule has 2 unspecified atom stereocenters. The minimum atomic E-state index is -0.639. The lowest BCUT2D eigenvalue weighted by molar-refractivity contribution is -0.144. The minimum Gasteiger partial charge on any atom is -0.465 e. The van der Waals surface area contributed by atoms with E-state index < -0.39 is 10.0 Å². The molecule has 0 bridgehead atoms. The second-order valence-electron chi connectivity index (χ2n) is 2.66. The molecule has 0 heterocycles. The van der Waals surface area contributed by atoms with E-state index in [0.717, 1.165) is 12.8 Å². The van der Waals surface area contributed by atoms with E-state index in [1.807, 2.05) is 29.5 Å². The largest absolute Gasteiger partial charge is 0.465 e. The number of carbonyl (C=O) groups excluding carboxylic acids is 1. The number of aliphatic hydroxyl groups is 1. The van der Waals surface area contributed by atoms with Crippen molar-refractivity contribution in [3.63, 3.8) is 0 Å². The molecule has 2 atom stereocenters. The molecule has 12 heavy (non-hydrogen) atoms. The highest BCUT2D eigenvalue weighted by molar-refractivity contribution is 14.1. The van der Waals surface area contributed by atoms with Gasteiger partial charge in [-0.3, -0.25) is 4.79 Å². The van der Waals surface area contributed by atoms with Crippen LogP contribution in [0.4, 0.5) is 0 Å². The number of hydrogen-bond acceptors (Lipinski definition) is 3. The Balaban J connectivity index is 3.57. The maximum atomic E-state index is 11.1. The summed E-state index contributed by atoms with van der Waals surface area (Å²) < 4.78 is 4.45. The number of unbranched alkanes of at least 4 members (excludes halogenated alkanes) is 1. The molecule has 0 spiro atoms. The maximum absolute atomic E-state index is 11.1. The molecule has 0 saturated carbocycles. The van der Waals surface area contributed by atoms with E-state index in [9.17, 15) is 4.79 Å². The van der Waals surface area contributed by atoms with Crippen molar-refractivity contribution >= 4 is 28.6 Å². The molecule has 0 aliphatic heterocycles. The topological polar surface area (TPSA) is 46.5 Å². The lowest BCUT2D eigenvalue weighted by Crippen LogP contribution is -2.28. The summed E-state index contributed by atoms with van der Waals surface area (Å²) in [5.41, 5.74) is 0. The first-order valence-electron chi connectivity index (χ1n) is 4.08. The first kappa shape index (κ1) is 12.2. The zero-order chi connectivity index (χ0) is 9.56. The molecule has 0 aliphatic carbocycles. The van der Waals surface area contributed by atoms with Gasteiger partial charge in [-0.25, -0.2) is 0 Å². The SMILES string of the molecule is CCCCOC(=O)C(I)C(C)O. The predicted octanol–water partition coefficient (Wildman–Crippen LogP) is 1.51. The van der Waals surface area contributed by atoms with Gasteiger partial charge in [0.25, 0.3) is 0 Å². The Kier molecular flexibility index (Phi) is 6.74. The molecule has 0 aliphatic rings. The highest BCUT2D eigenvalue weighted by atomic mass is 127. The smallest absolute Gasteiger partial charge is 0.321 e. The van der Waals surface area contributed by atoms with Crippen molar-refractivity contribution < 1.29 is 14.6 Å². The van der Waals surface area contributed by atoms with Crippen molar-refractivity contribution in [2.45, 2.75) is 36.7 Å². The van der Waals surface area contributed by atoms with Gasteiger partial charge in [-0.1, -0.05) is 35.9 Å². The van der Waals surface area contributed by atoms with Gasteiger partial charge in [0.15, 0.2) is 0 Å². The highest BCUT2D eigenvalue weighted by Gasteiger charge is 2.20. The number of alkyl halides is 1. The van der Waals surface area contributed by atoms with Gasteiger partial charge in [0.05, 0.1) is 12.7 Å². The van der Waals surface area contributed by atoms with Gasteiger partial charge in [-0.15, -0.1) is 0 Å². The fourth-order valence-corrected chi connectivity index (χ4v) is 0.773. The molecule has 0 fully saturated rings. The Morgan fingerprint density at radius 1 is 1.67 bits per heavy atom. The third-order valence-corrected chi connectivity index (χ3v) is 2.94. The first-order valence-corrected chi connectivity index (χ1v) is 5.33.